The number of hydrogen-bond acceptors (Lipinski definition) is 3. The summed E-state index contributed by atoms with van der Waals surface area (Å²) in [7, 11) is 0. The summed E-state index contributed by atoms with van der Waals surface area (Å²) in [5, 5.41) is 12.7. The summed E-state index contributed by atoms with van der Waals surface area (Å²) in [6.45, 7) is 4.02. The first-order chi connectivity index (χ1) is 14.0. The zero-order valence-corrected chi connectivity index (χ0v) is 16.8. The second-order valence-corrected chi connectivity index (χ2v) is 7.38. The van der Waals surface area contributed by atoms with Crippen molar-refractivity contribution in [2.45, 2.75) is 13.8 Å². The third-order valence-electron chi connectivity index (χ3n) is 4.87. The van der Waals surface area contributed by atoms with Crippen LogP contribution in [-0.4, -0.2) is 15.9 Å². The van der Waals surface area contributed by atoms with E-state index in [4.69, 9.17) is 11.6 Å². The van der Waals surface area contributed by atoms with E-state index in [0.717, 1.165) is 16.8 Å². The number of halogens is 1. The molecule has 0 bridgehead atoms. The maximum atomic E-state index is 13.1. The molecule has 0 amide bonds. The predicted octanol–water partition coefficient (Wildman–Crippen LogP) is 5.72. The highest BCUT2D eigenvalue weighted by Gasteiger charge is 2.16. The minimum Gasteiger partial charge on any atom is -0.494 e. The average molecular weight is 403 g/mol. The van der Waals surface area contributed by atoms with Crippen LogP contribution in [0.4, 0.5) is 5.69 Å². The lowest BCUT2D eigenvalue weighted by molar-refractivity contribution is 0.436. The van der Waals surface area contributed by atoms with Crippen molar-refractivity contribution in [1.82, 2.24) is 4.57 Å². The van der Waals surface area contributed by atoms with Gasteiger partial charge in [-0.1, -0.05) is 47.5 Å². The van der Waals surface area contributed by atoms with Gasteiger partial charge in [-0.2, -0.15) is 0 Å². The molecule has 4 rings (SSSR count). The van der Waals surface area contributed by atoms with Crippen molar-refractivity contribution in [3.63, 3.8) is 0 Å². The normalized spacial score (nSPS) is 11.4. The van der Waals surface area contributed by atoms with Crippen LogP contribution in [0.25, 0.3) is 16.5 Å². The van der Waals surface area contributed by atoms with Gasteiger partial charge in [0.15, 0.2) is 0 Å². The molecule has 0 unspecified atom stereocenters. The molecule has 29 heavy (non-hydrogen) atoms. The third kappa shape index (κ3) is 3.55. The Kier molecular flexibility index (Phi) is 4.95. The van der Waals surface area contributed by atoms with E-state index in [-0.39, 0.29) is 11.4 Å². The summed E-state index contributed by atoms with van der Waals surface area (Å²) >= 11 is 5.98. The maximum absolute atomic E-state index is 13.1. The fraction of sp³-hybridized carbons (Fsp3) is 0.0833. The second-order valence-electron chi connectivity index (χ2n) is 6.95. The second kappa shape index (κ2) is 7.57. The lowest BCUT2D eigenvalue weighted by Gasteiger charge is -2.14. The highest BCUT2D eigenvalue weighted by Crippen LogP contribution is 2.27. The van der Waals surface area contributed by atoms with Gasteiger partial charge in [-0.25, -0.2) is 4.57 Å². The van der Waals surface area contributed by atoms with Crippen molar-refractivity contribution in [2.24, 2.45) is 4.99 Å². The zero-order valence-electron chi connectivity index (χ0n) is 16.1. The van der Waals surface area contributed by atoms with Crippen LogP contribution in [-0.2, 0) is 0 Å². The van der Waals surface area contributed by atoms with Crippen LogP contribution in [0.3, 0.4) is 0 Å². The highest BCUT2D eigenvalue weighted by atomic mass is 35.5. The van der Waals surface area contributed by atoms with Crippen molar-refractivity contribution in [1.29, 1.82) is 0 Å². The first-order valence-electron chi connectivity index (χ1n) is 9.19. The SMILES string of the molecule is Cc1ccc(N=Cc2c(O)n(-c3ccc(Cl)cc3)c(=O)c3ccccc23)c(C)c1. The monoisotopic (exact) mass is 402 g/mol. The van der Waals surface area contributed by atoms with Crippen LogP contribution < -0.4 is 5.56 Å². The van der Waals surface area contributed by atoms with Gasteiger partial charge in [-0.3, -0.25) is 9.79 Å². The van der Waals surface area contributed by atoms with Crippen LogP contribution in [0.2, 0.25) is 5.02 Å². The van der Waals surface area contributed by atoms with E-state index in [0.29, 0.717) is 27.0 Å². The van der Waals surface area contributed by atoms with Gasteiger partial charge in [-0.15, -0.1) is 0 Å². The van der Waals surface area contributed by atoms with Crippen LogP contribution >= 0.6 is 11.6 Å². The quantitative estimate of drug-likeness (QED) is 0.446. The number of nitrogens with zero attached hydrogens (tertiary/aromatic N) is 2. The van der Waals surface area contributed by atoms with Gasteiger partial charge in [0.05, 0.1) is 16.9 Å². The number of pyridine rings is 1. The fourth-order valence-electron chi connectivity index (χ4n) is 3.40. The zero-order chi connectivity index (χ0) is 20.5. The molecule has 144 valence electrons. The number of aryl methyl sites for hydroxylation is 2. The molecule has 0 spiro atoms. The van der Waals surface area contributed by atoms with E-state index in [1.54, 1.807) is 42.6 Å². The first-order valence-corrected chi connectivity index (χ1v) is 9.57. The van der Waals surface area contributed by atoms with E-state index in [1.165, 1.54) is 4.57 Å². The molecule has 1 heterocycles. The summed E-state index contributed by atoms with van der Waals surface area (Å²) in [4.78, 5) is 17.7. The largest absolute Gasteiger partial charge is 0.494 e. The first kappa shape index (κ1) is 19.0. The van der Waals surface area contributed by atoms with Gasteiger partial charge in [0.1, 0.15) is 0 Å². The maximum Gasteiger partial charge on any atom is 0.265 e. The van der Waals surface area contributed by atoms with Crippen LogP contribution in [0.15, 0.2) is 76.5 Å². The topological polar surface area (TPSA) is 54.6 Å². The lowest BCUT2D eigenvalue weighted by atomic mass is 10.1. The standard InChI is InChI=1S/C24H19ClN2O2/c1-15-7-12-22(16(2)13-15)26-14-21-19-5-3-4-6-20(19)23(28)27(24(21)29)18-10-8-17(25)9-11-18/h3-14,29H,1-2H3. The van der Waals surface area contributed by atoms with Crippen molar-refractivity contribution in [3.8, 4) is 11.6 Å². The molecule has 4 aromatic rings. The van der Waals surface area contributed by atoms with Gasteiger partial charge >= 0.3 is 0 Å². The number of rotatable bonds is 3. The van der Waals surface area contributed by atoms with E-state index in [2.05, 4.69) is 11.1 Å². The van der Waals surface area contributed by atoms with Gasteiger partial charge < -0.3 is 5.11 Å². The summed E-state index contributed by atoms with van der Waals surface area (Å²) < 4.78 is 1.28. The van der Waals surface area contributed by atoms with Crippen molar-refractivity contribution in [2.75, 3.05) is 0 Å². The molecular weight excluding hydrogens is 384 g/mol. The molecule has 0 aliphatic rings. The molecule has 4 nitrogen and oxygen atoms in total. The smallest absolute Gasteiger partial charge is 0.265 e. The van der Waals surface area contributed by atoms with Crippen molar-refractivity contribution in [3.05, 3.63) is 98.8 Å². The molecule has 1 aromatic heterocycles. The minimum absolute atomic E-state index is 0.162. The van der Waals surface area contributed by atoms with E-state index < -0.39 is 0 Å². The molecule has 0 fully saturated rings. The Morgan fingerprint density at radius 2 is 1.66 bits per heavy atom. The lowest BCUT2D eigenvalue weighted by Crippen LogP contribution is -2.20. The Balaban J connectivity index is 1.97. The van der Waals surface area contributed by atoms with Gasteiger partial charge in [-0.05, 0) is 55.8 Å². The molecule has 0 aliphatic carbocycles. The average Bonchev–Trinajstić information content (AvgIpc) is 2.71. The fourth-order valence-corrected chi connectivity index (χ4v) is 3.53. The van der Waals surface area contributed by atoms with Crippen molar-refractivity contribution < 1.29 is 5.11 Å². The van der Waals surface area contributed by atoms with Crippen LogP contribution in [0.1, 0.15) is 16.7 Å². The summed E-state index contributed by atoms with van der Waals surface area (Å²) in [5.74, 6) is -0.162. The predicted molar refractivity (Wildman–Crippen MR) is 119 cm³/mol. The van der Waals surface area contributed by atoms with Crippen LogP contribution in [0, 0.1) is 13.8 Å². The highest BCUT2D eigenvalue weighted by molar-refractivity contribution is 6.30. The Hall–Kier alpha value is -3.37. The van der Waals surface area contributed by atoms with Gasteiger partial charge in [0, 0.05) is 22.0 Å². The molecule has 0 radical (unpaired) electrons. The molecular formula is C24H19ClN2O2. The number of benzene rings is 3. The molecule has 0 saturated carbocycles. The van der Waals surface area contributed by atoms with E-state index >= 15 is 0 Å². The summed E-state index contributed by atoms with van der Waals surface area (Å²) in [6.07, 6.45) is 1.61. The molecule has 0 aliphatic heterocycles. The van der Waals surface area contributed by atoms with E-state index in [9.17, 15) is 9.90 Å². The molecule has 1 N–H and O–H groups in total. The minimum atomic E-state index is -0.302. The number of aromatic nitrogens is 1. The molecule has 0 atom stereocenters. The Morgan fingerprint density at radius 3 is 2.34 bits per heavy atom. The number of aromatic hydroxyl groups is 1. The Bertz CT molecular complexity index is 1310. The Labute approximate surface area is 173 Å². The third-order valence-corrected chi connectivity index (χ3v) is 5.13. The summed E-state index contributed by atoms with van der Waals surface area (Å²) in [6, 6.07) is 19.9. The summed E-state index contributed by atoms with van der Waals surface area (Å²) in [5.41, 5.74) is 3.72. The number of hydrogen-bond donors (Lipinski definition) is 1. The molecule has 0 saturated heterocycles. The number of aliphatic imine (C=N–C) groups is 1. The van der Waals surface area contributed by atoms with Crippen LogP contribution in [0.5, 0.6) is 5.88 Å². The molecule has 3 aromatic carbocycles. The number of fused-ring (bicyclic) bond motifs is 1. The van der Waals surface area contributed by atoms with E-state index in [1.807, 2.05) is 38.1 Å². The Morgan fingerprint density at radius 1 is 0.966 bits per heavy atom. The molecule has 5 heteroatoms. The van der Waals surface area contributed by atoms with Gasteiger partial charge in [0.2, 0.25) is 5.88 Å². The van der Waals surface area contributed by atoms with Gasteiger partial charge in [0.25, 0.3) is 5.56 Å². The van der Waals surface area contributed by atoms with Crippen molar-refractivity contribution >= 4 is 34.3 Å².